The minimum Gasteiger partial charge on any atom is -0.494 e. The Labute approximate surface area is 133 Å². The number of ether oxygens (including phenoxy) is 1. The summed E-state index contributed by atoms with van der Waals surface area (Å²) in [6.45, 7) is 1.71. The fourth-order valence-corrected chi connectivity index (χ4v) is 5.08. The summed E-state index contributed by atoms with van der Waals surface area (Å²) >= 11 is 12.0. The lowest BCUT2D eigenvalue weighted by Gasteiger charge is -2.24. The monoisotopic (exact) mass is 351 g/mol. The minimum absolute atomic E-state index is 0.0661. The molecule has 0 aliphatic carbocycles. The van der Waals surface area contributed by atoms with Crippen molar-refractivity contribution in [2.45, 2.75) is 18.9 Å². The van der Waals surface area contributed by atoms with Gasteiger partial charge in [0.05, 0.1) is 34.2 Å². The van der Waals surface area contributed by atoms with Crippen LogP contribution in [0.25, 0.3) is 0 Å². The number of halogens is 2. The largest absolute Gasteiger partial charge is 0.494 e. The predicted molar refractivity (Wildman–Crippen MR) is 82.2 cm³/mol. The van der Waals surface area contributed by atoms with Gasteiger partial charge in [0.25, 0.3) is 5.91 Å². The van der Waals surface area contributed by atoms with Crippen molar-refractivity contribution in [2.24, 2.45) is 0 Å². The van der Waals surface area contributed by atoms with E-state index in [1.54, 1.807) is 6.92 Å². The molecule has 1 aliphatic heterocycles. The maximum atomic E-state index is 12.3. The average molecular weight is 352 g/mol. The molecule has 116 valence electrons. The van der Waals surface area contributed by atoms with Crippen LogP contribution in [0.5, 0.6) is 5.75 Å². The first-order chi connectivity index (χ1) is 9.66. The van der Waals surface area contributed by atoms with Crippen LogP contribution in [0.1, 0.15) is 23.7 Å². The molecule has 1 amide bonds. The van der Waals surface area contributed by atoms with E-state index in [0.29, 0.717) is 12.2 Å². The third-order valence-electron chi connectivity index (χ3n) is 3.38. The van der Waals surface area contributed by atoms with Crippen LogP contribution >= 0.6 is 23.2 Å². The normalized spacial score (nSPS) is 23.8. The van der Waals surface area contributed by atoms with E-state index in [1.807, 2.05) is 0 Å². The van der Waals surface area contributed by atoms with Gasteiger partial charge in [-0.15, -0.1) is 0 Å². The molecule has 0 saturated carbocycles. The first-order valence-electron chi connectivity index (χ1n) is 6.22. The van der Waals surface area contributed by atoms with Crippen LogP contribution in [0.15, 0.2) is 12.1 Å². The standard InChI is InChI=1S/C13H15Cl2NO4S/c1-13(3-4-21(18,19)7-13)16-12(17)8-5-9(14)11(20-2)10(15)6-8/h5-6H,3-4,7H2,1-2H3,(H,16,17)/t13-/m1/s1. The maximum Gasteiger partial charge on any atom is 0.251 e. The summed E-state index contributed by atoms with van der Waals surface area (Å²) in [5.74, 6) is -0.109. The number of carbonyl (C=O) groups excluding carboxylic acids is 1. The Morgan fingerprint density at radius 2 is 1.90 bits per heavy atom. The number of methoxy groups -OCH3 is 1. The molecule has 1 aromatic carbocycles. The van der Waals surface area contributed by atoms with Gasteiger partial charge < -0.3 is 10.1 Å². The Morgan fingerprint density at radius 3 is 2.33 bits per heavy atom. The SMILES string of the molecule is COc1c(Cl)cc(C(=O)N[C@]2(C)CCS(=O)(=O)C2)cc1Cl. The van der Waals surface area contributed by atoms with Gasteiger partial charge in [-0.05, 0) is 25.5 Å². The van der Waals surface area contributed by atoms with Gasteiger partial charge in [0.15, 0.2) is 15.6 Å². The van der Waals surface area contributed by atoms with E-state index in [-0.39, 0.29) is 27.1 Å². The molecule has 8 heteroatoms. The first-order valence-corrected chi connectivity index (χ1v) is 8.79. The van der Waals surface area contributed by atoms with E-state index in [2.05, 4.69) is 5.32 Å². The van der Waals surface area contributed by atoms with Crippen molar-refractivity contribution in [3.8, 4) is 5.75 Å². The van der Waals surface area contributed by atoms with Gasteiger partial charge in [-0.25, -0.2) is 8.42 Å². The number of sulfone groups is 1. The second-order valence-corrected chi connectivity index (χ2v) is 8.33. The molecular formula is C13H15Cl2NO4S. The first kappa shape index (κ1) is 16.4. The second-order valence-electron chi connectivity index (χ2n) is 5.33. The number of rotatable bonds is 3. The maximum absolute atomic E-state index is 12.3. The Balaban J connectivity index is 2.22. The van der Waals surface area contributed by atoms with Crippen LogP contribution in [0.2, 0.25) is 10.0 Å². The highest BCUT2D eigenvalue weighted by Gasteiger charge is 2.39. The summed E-state index contributed by atoms with van der Waals surface area (Å²) in [6, 6.07) is 2.88. The van der Waals surface area contributed by atoms with Gasteiger partial charge in [-0.3, -0.25) is 4.79 Å². The third-order valence-corrected chi connectivity index (χ3v) is 5.85. The van der Waals surface area contributed by atoms with Crippen LogP contribution in [0.3, 0.4) is 0 Å². The molecule has 5 nitrogen and oxygen atoms in total. The predicted octanol–water partition coefficient (Wildman–Crippen LogP) is 2.31. The number of benzene rings is 1. The quantitative estimate of drug-likeness (QED) is 0.906. The molecular weight excluding hydrogens is 337 g/mol. The molecule has 1 saturated heterocycles. The van der Waals surface area contributed by atoms with Gasteiger partial charge in [-0.1, -0.05) is 23.2 Å². The molecule has 1 heterocycles. The molecule has 1 aromatic rings. The van der Waals surface area contributed by atoms with Crippen molar-refractivity contribution in [2.75, 3.05) is 18.6 Å². The summed E-state index contributed by atoms with van der Waals surface area (Å²) < 4.78 is 28.1. The van der Waals surface area contributed by atoms with Crippen molar-refractivity contribution >= 4 is 38.9 Å². The van der Waals surface area contributed by atoms with Crippen LogP contribution in [0.4, 0.5) is 0 Å². The summed E-state index contributed by atoms with van der Waals surface area (Å²) in [5.41, 5.74) is -0.509. The molecule has 1 fully saturated rings. The molecule has 1 aliphatic rings. The van der Waals surface area contributed by atoms with Crippen molar-refractivity contribution in [1.82, 2.24) is 5.32 Å². The molecule has 21 heavy (non-hydrogen) atoms. The van der Waals surface area contributed by atoms with Gasteiger partial charge in [0.2, 0.25) is 0 Å². The molecule has 0 bridgehead atoms. The van der Waals surface area contributed by atoms with Crippen LogP contribution in [-0.2, 0) is 9.84 Å². The highest BCUT2D eigenvalue weighted by atomic mass is 35.5. The van der Waals surface area contributed by atoms with Crippen LogP contribution in [0, 0.1) is 0 Å². The fraction of sp³-hybridized carbons (Fsp3) is 0.462. The molecule has 1 atom stereocenters. The van der Waals surface area contributed by atoms with E-state index < -0.39 is 21.3 Å². The topological polar surface area (TPSA) is 72.5 Å². The highest BCUT2D eigenvalue weighted by molar-refractivity contribution is 7.91. The molecule has 1 N–H and O–H groups in total. The van der Waals surface area contributed by atoms with Crippen LogP contribution < -0.4 is 10.1 Å². The molecule has 0 aromatic heterocycles. The Morgan fingerprint density at radius 1 is 1.33 bits per heavy atom. The molecule has 0 spiro atoms. The van der Waals surface area contributed by atoms with Gasteiger partial charge >= 0.3 is 0 Å². The van der Waals surface area contributed by atoms with Crippen molar-refractivity contribution in [3.63, 3.8) is 0 Å². The lowest BCUT2D eigenvalue weighted by Crippen LogP contribution is -2.46. The zero-order valence-corrected chi connectivity index (χ0v) is 13.9. The number of amides is 1. The van der Waals surface area contributed by atoms with E-state index in [0.717, 1.165) is 0 Å². The minimum atomic E-state index is -3.10. The third kappa shape index (κ3) is 3.62. The van der Waals surface area contributed by atoms with Crippen molar-refractivity contribution in [3.05, 3.63) is 27.7 Å². The lowest BCUT2D eigenvalue weighted by molar-refractivity contribution is 0.0915. The zero-order chi connectivity index (χ0) is 15.8. The van der Waals surface area contributed by atoms with Gasteiger partial charge in [-0.2, -0.15) is 0 Å². The molecule has 2 rings (SSSR count). The summed E-state index contributed by atoms with van der Waals surface area (Å²) in [5, 5.41) is 3.19. The Bertz CT molecular complexity index is 666. The lowest BCUT2D eigenvalue weighted by atomic mass is 10.0. The van der Waals surface area contributed by atoms with E-state index >= 15 is 0 Å². The van der Waals surface area contributed by atoms with Gasteiger partial charge in [0, 0.05) is 5.56 Å². The van der Waals surface area contributed by atoms with Crippen LogP contribution in [-0.4, -0.2) is 38.5 Å². The Kier molecular flexibility index (Phi) is 4.42. The highest BCUT2D eigenvalue weighted by Crippen LogP contribution is 2.34. The fourth-order valence-electron chi connectivity index (χ4n) is 2.34. The van der Waals surface area contributed by atoms with Gasteiger partial charge in [0.1, 0.15) is 0 Å². The summed E-state index contributed by atoms with van der Waals surface area (Å²) in [4.78, 5) is 12.3. The average Bonchev–Trinajstić information content (AvgIpc) is 2.62. The zero-order valence-electron chi connectivity index (χ0n) is 11.6. The Hall–Kier alpha value is -0.980. The second kappa shape index (κ2) is 5.66. The van der Waals surface area contributed by atoms with E-state index in [1.165, 1.54) is 19.2 Å². The number of carbonyl (C=O) groups is 1. The number of hydrogen-bond acceptors (Lipinski definition) is 4. The smallest absolute Gasteiger partial charge is 0.251 e. The molecule has 0 radical (unpaired) electrons. The number of nitrogens with one attached hydrogen (secondary N) is 1. The summed E-state index contributed by atoms with van der Waals surface area (Å²) in [6.07, 6.45) is 0.388. The number of hydrogen-bond donors (Lipinski definition) is 1. The van der Waals surface area contributed by atoms with E-state index in [9.17, 15) is 13.2 Å². The van der Waals surface area contributed by atoms with Crippen molar-refractivity contribution in [1.29, 1.82) is 0 Å². The molecule has 0 unspecified atom stereocenters. The van der Waals surface area contributed by atoms with E-state index in [4.69, 9.17) is 27.9 Å². The summed E-state index contributed by atoms with van der Waals surface area (Å²) in [7, 11) is -1.67. The van der Waals surface area contributed by atoms with Crippen molar-refractivity contribution < 1.29 is 17.9 Å².